The first kappa shape index (κ1) is 5.01. The Morgan fingerprint density at radius 1 is 1.36 bits per heavy atom. The molecule has 62 valence electrons. The van der Waals surface area contributed by atoms with Crippen molar-refractivity contribution in [1.82, 2.24) is 0 Å². The fourth-order valence-electron chi connectivity index (χ4n) is 0.601. The van der Waals surface area contributed by atoms with Crippen molar-refractivity contribution in [3.63, 3.8) is 0 Å². The lowest BCUT2D eigenvalue weighted by Gasteiger charge is -1.96. The number of hydrogen-bond acceptors (Lipinski definition) is 2. The highest BCUT2D eigenvalue weighted by atomic mass is 35.5. The SMILES string of the molecule is Cl.[2H]c1c([2H])c(CCN)c([2H])c([2H])c1O. The predicted molar refractivity (Wildman–Crippen MR) is 48.1 cm³/mol. The van der Waals surface area contributed by atoms with E-state index in [0.717, 1.165) is 0 Å². The molecule has 0 unspecified atom stereocenters. The standard InChI is InChI=1S/C8H11NO.ClH/c9-6-5-7-1-3-8(10)4-2-7;/h1-4,10H,5-6,9H2;1H/i1D,2D,3D,4D;. The van der Waals surface area contributed by atoms with E-state index in [4.69, 9.17) is 11.2 Å². The first-order valence-corrected chi connectivity index (χ1v) is 2.99. The average Bonchev–Trinajstić information content (AvgIpc) is 2.19. The minimum absolute atomic E-state index is 0. The average molecular weight is 178 g/mol. The molecule has 0 saturated heterocycles. The molecule has 3 heteroatoms. The van der Waals surface area contributed by atoms with Crippen LogP contribution in [0.25, 0.3) is 0 Å². The van der Waals surface area contributed by atoms with Gasteiger partial charge in [-0.25, -0.2) is 0 Å². The first-order valence-electron chi connectivity index (χ1n) is 4.99. The molecular formula is C8H12ClNO. The van der Waals surface area contributed by atoms with E-state index < -0.39 is 17.8 Å². The van der Waals surface area contributed by atoms with Crippen LogP contribution in [0.5, 0.6) is 5.75 Å². The van der Waals surface area contributed by atoms with Crippen molar-refractivity contribution < 1.29 is 10.6 Å². The highest BCUT2D eigenvalue weighted by Gasteiger charge is 1.89. The topological polar surface area (TPSA) is 46.2 Å². The van der Waals surface area contributed by atoms with Gasteiger partial charge in [0.25, 0.3) is 0 Å². The Labute approximate surface area is 78.1 Å². The largest absolute Gasteiger partial charge is 0.508 e. The Kier molecular flexibility index (Phi) is 2.27. The van der Waals surface area contributed by atoms with E-state index >= 15 is 0 Å². The Bertz CT molecular complexity index is 343. The molecular weight excluding hydrogens is 162 g/mol. The molecule has 0 aromatic heterocycles. The highest BCUT2D eigenvalue weighted by molar-refractivity contribution is 5.85. The summed E-state index contributed by atoms with van der Waals surface area (Å²) in [6.07, 6.45) is 0.274. The van der Waals surface area contributed by atoms with Crippen LogP contribution in [0.2, 0.25) is 0 Å². The van der Waals surface area contributed by atoms with E-state index in [0.29, 0.717) is 0 Å². The van der Waals surface area contributed by atoms with Gasteiger partial charge < -0.3 is 10.8 Å². The maximum atomic E-state index is 9.21. The molecule has 0 spiro atoms. The Balaban J connectivity index is 0.00000196. The second kappa shape index (κ2) is 4.99. The summed E-state index contributed by atoms with van der Waals surface area (Å²) in [7, 11) is 0. The minimum Gasteiger partial charge on any atom is -0.508 e. The molecule has 0 radical (unpaired) electrons. The van der Waals surface area contributed by atoms with Gasteiger partial charge in [0.15, 0.2) is 0 Å². The molecule has 1 aromatic carbocycles. The van der Waals surface area contributed by atoms with Crippen LogP contribution in [0, 0.1) is 0 Å². The number of benzene rings is 1. The first-order chi connectivity index (χ1) is 6.50. The molecule has 0 aliphatic rings. The van der Waals surface area contributed by atoms with Crippen LogP contribution >= 0.6 is 12.4 Å². The van der Waals surface area contributed by atoms with E-state index in [2.05, 4.69) is 0 Å². The summed E-state index contributed by atoms with van der Waals surface area (Å²) in [5, 5.41) is 9.21. The zero-order valence-corrected chi connectivity index (χ0v) is 6.66. The monoisotopic (exact) mass is 177 g/mol. The summed E-state index contributed by atoms with van der Waals surface area (Å²) in [5.74, 6) is -0.610. The van der Waals surface area contributed by atoms with E-state index in [9.17, 15) is 5.11 Å². The van der Waals surface area contributed by atoms with Gasteiger partial charge in [-0.05, 0) is 30.6 Å². The third-order valence-electron chi connectivity index (χ3n) is 1.06. The fraction of sp³-hybridized carbons (Fsp3) is 0.250. The van der Waals surface area contributed by atoms with Crippen LogP contribution in [0.1, 0.15) is 11.0 Å². The normalized spacial score (nSPS) is 13.9. The predicted octanol–water partition coefficient (Wildman–Crippen LogP) is 1.32. The van der Waals surface area contributed by atoms with Crippen molar-refractivity contribution in [2.24, 2.45) is 5.73 Å². The van der Waals surface area contributed by atoms with Gasteiger partial charge in [-0.2, -0.15) is 0 Å². The number of rotatable bonds is 2. The van der Waals surface area contributed by atoms with Gasteiger partial charge in [0.2, 0.25) is 0 Å². The highest BCUT2D eigenvalue weighted by Crippen LogP contribution is 2.09. The van der Waals surface area contributed by atoms with Crippen molar-refractivity contribution in [2.75, 3.05) is 6.54 Å². The second-order valence-electron chi connectivity index (χ2n) is 1.87. The Morgan fingerprint density at radius 3 is 2.36 bits per heavy atom. The molecule has 0 bridgehead atoms. The van der Waals surface area contributed by atoms with Crippen LogP contribution in [0.15, 0.2) is 24.2 Å². The van der Waals surface area contributed by atoms with E-state index in [1.54, 1.807) is 0 Å². The summed E-state index contributed by atoms with van der Waals surface area (Å²) in [6, 6.07) is -1.24. The molecule has 0 aliphatic carbocycles. The zero-order valence-electron chi connectivity index (χ0n) is 9.85. The third kappa shape index (κ3) is 3.25. The van der Waals surface area contributed by atoms with Gasteiger partial charge in [-0.1, -0.05) is 12.1 Å². The van der Waals surface area contributed by atoms with Gasteiger partial charge in [-0.3, -0.25) is 0 Å². The molecule has 11 heavy (non-hydrogen) atoms. The van der Waals surface area contributed by atoms with Crippen molar-refractivity contribution in [1.29, 1.82) is 0 Å². The lowest BCUT2D eigenvalue weighted by molar-refractivity contribution is 0.475. The second-order valence-corrected chi connectivity index (χ2v) is 1.87. The maximum Gasteiger partial charge on any atom is 0.115 e. The quantitative estimate of drug-likeness (QED) is 0.716. The molecule has 0 saturated carbocycles. The molecule has 1 rings (SSSR count). The molecule has 0 atom stereocenters. The van der Waals surface area contributed by atoms with Crippen LogP contribution < -0.4 is 5.73 Å². The molecule has 0 heterocycles. The van der Waals surface area contributed by atoms with Gasteiger partial charge in [0.05, 0.1) is 5.48 Å². The molecule has 1 aromatic rings. The van der Waals surface area contributed by atoms with Gasteiger partial charge in [0, 0.05) is 0 Å². The fourth-order valence-corrected chi connectivity index (χ4v) is 0.601. The van der Waals surface area contributed by atoms with E-state index in [1.807, 2.05) is 0 Å². The molecule has 2 nitrogen and oxygen atoms in total. The van der Waals surface area contributed by atoms with Crippen molar-refractivity contribution in [2.45, 2.75) is 6.42 Å². The van der Waals surface area contributed by atoms with Gasteiger partial charge in [-0.15, -0.1) is 12.4 Å². The summed E-state index contributed by atoms with van der Waals surface area (Å²) in [4.78, 5) is 0. The number of hydrogen-bond donors (Lipinski definition) is 2. The van der Waals surface area contributed by atoms with Crippen molar-refractivity contribution >= 4 is 12.4 Å². The zero-order chi connectivity index (χ0) is 10.9. The summed E-state index contributed by atoms with van der Waals surface area (Å²) < 4.78 is 29.6. The summed E-state index contributed by atoms with van der Waals surface area (Å²) >= 11 is 0. The van der Waals surface area contributed by atoms with Crippen molar-refractivity contribution in [3.05, 3.63) is 29.7 Å². The Hall–Kier alpha value is -0.730. The number of aromatic hydroxyl groups is 1. The lowest BCUT2D eigenvalue weighted by Crippen LogP contribution is -2.01. The molecule has 0 aliphatic heterocycles. The lowest BCUT2D eigenvalue weighted by atomic mass is 10.1. The summed E-state index contributed by atoms with van der Waals surface area (Å²) in [5.41, 5.74) is 5.54. The van der Waals surface area contributed by atoms with Gasteiger partial charge in [0.1, 0.15) is 5.75 Å². The van der Waals surface area contributed by atoms with Crippen LogP contribution in [-0.4, -0.2) is 11.7 Å². The number of phenolic OH excluding ortho intramolecular Hbond substituents is 1. The summed E-state index contributed by atoms with van der Waals surface area (Å²) in [6.45, 7) is 0.251. The third-order valence-corrected chi connectivity index (χ3v) is 1.06. The number of phenols is 1. The molecule has 3 N–H and O–H groups in total. The van der Waals surface area contributed by atoms with Gasteiger partial charge >= 0.3 is 0 Å². The molecule has 0 fully saturated rings. The number of halogens is 1. The Morgan fingerprint density at radius 2 is 1.91 bits per heavy atom. The van der Waals surface area contributed by atoms with Crippen LogP contribution in [0.3, 0.4) is 0 Å². The van der Waals surface area contributed by atoms with Crippen LogP contribution in [0.4, 0.5) is 0 Å². The van der Waals surface area contributed by atoms with Crippen LogP contribution in [-0.2, 0) is 6.42 Å². The van der Waals surface area contributed by atoms with E-state index in [-0.39, 0.29) is 43.0 Å². The maximum absolute atomic E-state index is 9.21. The van der Waals surface area contributed by atoms with E-state index in [1.165, 1.54) is 0 Å². The number of nitrogens with two attached hydrogens (primary N) is 1. The minimum atomic E-state index is -0.610. The van der Waals surface area contributed by atoms with Crippen molar-refractivity contribution in [3.8, 4) is 5.75 Å². The smallest absolute Gasteiger partial charge is 0.115 e. The molecule has 0 amide bonds.